The van der Waals surface area contributed by atoms with E-state index in [-0.39, 0.29) is 6.54 Å². The number of benzene rings is 1. The maximum atomic E-state index is 12.4. The van der Waals surface area contributed by atoms with Gasteiger partial charge in [0.2, 0.25) is 5.95 Å². The van der Waals surface area contributed by atoms with E-state index in [2.05, 4.69) is 30.8 Å². The van der Waals surface area contributed by atoms with Crippen molar-refractivity contribution >= 4 is 44.7 Å². The first-order valence-corrected chi connectivity index (χ1v) is 10.7. The summed E-state index contributed by atoms with van der Waals surface area (Å²) < 4.78 is 2.40. The fraction of sp³-hybridized carbons (Fsp3) is 0.333. The van der Waals surface area contributed by atoms with Crippen LogP contribution in [0.1, 0.15) is 18.0 Å². The van der Waals surface area contributed by atoms with Gasteiger partial charge >= 0.3 is 11.9 Å². The molecule has 4 rings (SSSR count). The number of aliphatic carboxylic acids is 2. The monoisotopic (exact) mass is 487 g/mol. The number of nitrogens with zero attached hydrogens (tertiary/aromatic N) is 5. The summed E-state index contributed by atoms with van der Waals surface area (Å²) in [6.07, 6.45) is 5.81. The molecule has 1 aliphatic heterocycles. The number of rotatable bonds is 6. The highest BCUT2D eigenvalue weighted by molar-refractivity contribution is 9.10. The van der Waals surface area contributed by atoms with Crippen molar-refractivity contribution in [3.8, 4) is 0 Å². The number of hydrogen-bond donors (Lipinski definition) is 2. The lowest BCUT2D eigenvalue weighted by atomic mass is 10.0. The standard InChI is InChI=1S/C21H22BrN5O4/c22-14-3-4-15-16(12-27(13-18(28)29)17(15)11-14)19(20(30)31)25-7-2-8-26(10-9-25)21-23-5-1-6-24-21/h1,3-6,11-12,19H,2,7-10,13H2,(H,28,29)(H,30,31). The number of halogens is 1. The van der Waals surface area contributed by atoms with Crippen molar-refractivity contribution in [2.75, 3.05) is 31.1 Å². The molecule has 31 heavy (non-hydrogen) atoms. The van der Waals surface area contributed by atoms with Gasteiger partial charge in [-0.25, -0.2) is 9.97 Å². The first-order chi connectivity index (χ1) is 14.9. The average Bonchev–Trinajstić information content (AvgIpc) is 2.91. The van der Waals surface area contributed by atoms with E-state index in [9.17, 15) is 19.8 Å². The average molecular weight is 488 g/mol. The number of hydrogen-bond acceptors (Lipinski definition) is 6. The smallest absolute Gasteiger partial charge is 0.325 e. The molecule has 0 saturated carbocycles. The molecule has 0 radical (unpaired) electrons. The van der Waals surface area contributed by atoms with E-state index < -0.39 is 18.0 Å². The minimum Gasteiger partial charge on any atom is -0.480 e. The van der Waals surface area contributed by atoms with Gasteiger partial charge < -0.3 is 19.7 Å². The van der Waals surface area contributed by atoms with Crippen LogP contribution in [0.15, 0.2) is 47.3 Å². The summed E-state index contributed by atoms with van der Waals surface area (Å²) in [5.74, 6) is -1.30. The minimum absolute atomic E-state index is 0.238. The Hall–Kier alpha value is -2.98. The van der Waals surface area contributed by atoms with Crippen LogP contribution in [0.3, 0.4) is 0 Å². The van der Waals surface area contributed by atoms with Crippen LogP contribution in [0.4, 0.5) is 5.95 Å². The second-order valence-electron chi connectivity index (χ2n) is 7.43. The van der Waals surface area contributed by atoms with E-state index in [1.54, 1.807) is 29.2 Å². The Morgan fingerprint density at radius 2 is 1.87 bits per heavy atom. The molecule has 0 amide bonds. The zero-order chi connectivity index (χ0) is 22.0. The van der Waals surface area contributed by atoms with Gasteiger partial charge in [0.05, 0.1) is 5.52 Å². The highest BCUT2D eigenvalue weighted by Gasteiger charge is 2.32. The number of carboxylic acids is 2. The number of carboxylic acid groups (broad SMARTS) is 2. The number of anilines is 1. The molecule has 1 unspecified atom stereocenters. The molecule has 1 aliphatic rings. The topological polar surface area (TPSA) is 112 Å². The van der Waals surface area contributed by atoms with E-state index in [1.807, 2.05) is 23.1 Å². The fourth-order valence-electron chi connectivity index (χ4n) is 4.12. The van der Waals surface area contributed by atoms with Crippen molar-refractivity contribution in [1.29, 1.82) is 0 Å². The molecule has 3 heterocycles. The highest BCUT2D eigenvalue weighted by Crippen LogP contribution is 2.33. The van der Waals surface area contributed by atoms with Gasteiger partial charge in [-0.3, -0.25) is 14.5 Å². The largest absolute Gasteiger partial charge is 0.480 e. The van der Waals surface area contributed by atoms with Crippen molar-refractivity contribution in [2.24, 2.45) is 0 Å². The van der Waals surface area contributed by atoms with Crippen LogP contribution >= 0.6 is 15.9 Å². The molecule has 1 saturated heterocycles. The van der Waals surface area contributed by atoms with Crippen LogP contribution < -0.4 is 4.90 Å². The SMILES string of the molecule is O=C(O)Cn1cc(C(C(=O)O)N2CCCN(c3ncccn3)CC2)c2ccc(Br)cc21. The van der Waals surface area contributed by atoms with Gasteiger partial charge in [0.1, 0.15) is 12.6 Å². The second kappa shape index (κ2) is 9.03. The predicted molar refractivity (Wildman–Crippen MR) is 118 cm³/mol. The summed E-state index contributed by atoms with van der Waals surface area (Å²) in [7, 11) is 0. The Morgan fingerprint density at radius 3 is 2.58 bits per heavy atom. The van der Waals surface area contributed by atoms with Crippen molar-refractivity contribution in [2.45, 2.75) is 19.0 Å². The van der Waals surface area contributed by atoms with Crippen molar-refractivity contribution in [3.05, 3.63) is 52.9 Å². The van der Waals surface area contributed by atoms with E-state index >= 15 is 0 Å². The molecule has 0 bridgehead atoms. The Morgan fingerprint density at radius 1 is 1.10 bits per heavy atom. The lowest BCUT2D eigenvalue weighted by Gasteiger charge is -2.27. The minimum atomic E-state index is -0.983. The molecule has 2 aromatic heterocycles. The molecule has 162 valence electrons. The van der Waals surface area contributed by atoms with Crippen molar-refractivity contribution in [3.63, 3.8) is 0 Å². The third kappa shape index (κ3) is 4.54. The summed E-state index contributed by atoms with van der Waals surface area (Å²) in [5.41, 5.74) is 1.29. The zero-order valence-electron chi connectivity index (χ0n) is 16.7. The van der Waals surface area contributed by atoms with Gasteiger partial charge in [0.15, 0.2) is 0 Å². The summed E-state index contributed by atoms with van der Waals surface area (Å²) in [6.45, 7) is 2.23. The quantitative estimate of drug-likeness (QED) is 0.545. The fourth-order valence-corrected chi connectivity index (χ4v) is 4.47. The van der Waals surface area contributed by atoms with E-state index in [1.165, 1.54) is 0 Å². The van der Waals surface area contributed by atoms with Gasteiger partial charge in [-0.2, -0.15) is 0 Å². The summed E-state index contributed by atoms with van der Waals surface area (Å²) in [4.78, 5) is 36.3. The third-order valence-electron chi connectivity index (χ3n) is 5.44. The Balaban J connectivity index is 1.67. The Labute approximate surface area is 187 Å². The molecule has 1 fully saturated rings. The molecule has 0 aliphatic carbocycles. The maximum Gasteiger partial charge on any atom is 0.325 e. The van der Waals surface area contributed by atoms with E-state index in [0.29, 0.717) is 36.7 Å². The maximum absolute atomic E-state index is 12.4. The van der Waals surface area contributed by atoms with Crippen molar-refractivity contribution < 1.29 is 19.8 Å². The normalized spacial score (nSPS) is 16.2. The number of aromatic nitrogens is 3. The van der Waals surface area contributed by atoms with Gasteiger partial charge in [0, 0.05) is 60.2 Å². The summed E-state index contributed by atoms with van der Waals surface area (Å²) in [6, 6.07) is 6.38. The first kappa shape index (κ1) is 21.3. The third-order valence-corrected chi connectivity index (χ3v) is 5.93. The molecule has 3 aromatic rings. The second-order valence-corrected chi connectivity index (χ2v) is 8.35. The molecular formula is C21H22BrN5O4. The number of fused-ring (bicyclic) bond motifs is 1. The molecular weight excluding hydrogens is 466 g/mol. The van der Waals surface area contributed by atoms with Crippen molar-refractivity contribution in [1.82, 2.24) is 19.4 Å². The molecule has 10 heteroatoms. The van der Waals surface area contributed by atoms with Crippen LogP contribution in [0.5, 0.6) is 0 Å². The van der Waals surface area contributed by atoms with Crippen LogP contribution in [-0.2, 0) is 16.1 Å². The lowest BCUT2D eigenvalue weighted by molar-refractivity contribution is -0.143. The van der Waals surface area contributed by atoms with Crippen LogP contribution in [0.25, 0.3) is 10.9 Å². The van der Waals surface area contributed by atoms with E-state index in [4.69, 9.17) is 0 Å². The lowest BCUT2D eigenvalue weighted by Crippen LogP contribution is -2.37. The van der Waals surface area contributed by atoms with Gasteiger partial charge in [0.25, 0.3) is 0 Å². The molecule has 9 nitrogen and oxygen atoms in total. The Kier molecular flexibility index (Phi) is 6.19. The van der Waals surface area contributed by atoms with Gasteiger partial charge in [-0.15, -0.1) is 0 Å². The van der Waals surface area contributed by atoms with Crippen LogP contribution in [0.2, 0.25) is 0 Å². The predicted octanol–water partition coefficient (Wildman–Crippen LogP) is 2.62. The summed E-state index contributed by atoms with van der Waals surface area (Å²) in [5, 5.41) is 20.2. The highest BCUT2D eigenvalue weighted by atomic mass is 79.9. The van der Waals surface area contributed by atoms with Crippen LogP contribution in [-0.4, -0.2) is 67.8 Å². The number of carbonyl (C=O) groups is 2. The van der Waals surface area contributed by atoms with Crippen LogP contribution in [0, 0.1) is 0 Å². The molecule has 1 atom stereocenters. The molecule has 1 aromatic carbocycles. The summed E-state index contributed by atoms with van der Waals surface area (Å²) >= 11 is 3.42. The van der Waals surface area contributed by atoms with Gasteiger partial charge in [-0.05, 0) is 24.6 Å². The van der Waals surface area contributed by atoms with E-state index in [0.717, 1.165) is 22.8 Å². The molecule has 0 spiro atoms. The molecule has 2 N–H and O–H groups in total. The zero-order valence-corrected chi connectivity index (χ0v) is 18.3. The van der Waals surface area contributed by atoms with Gasteiger partial charge in [-0.1, -0.05) is 22.0 Å². The first-order valence-electron chi connectivity index (χ1n) is 9.93. The Bertz CT molecular complexity index is 1100.